The molecule has 0 atom stereocenters. The van der Waals surface area contributed by atoms with Gasteiger partial charge >= 0.3 is 5.97 Å². The van der Waals surface area contributed by atoms with Crippen molar-refractivity contribution in [3.63, 3.8) is 0 Å². The lowest BCUT2D eigenvalue weighted by molar-refractivity contribution is -0.145. The Kier molecular flexibility index (Phi) is 3.48. The first-order valence-corrected chi connectivity index (χ1v) is 6.74. The molecule has 2 nitrogen and oxygen atoms in total. The number of rotatable bonds is 3. The van der Waals surface area contributed by atoms with Gasteiger partial charge in [0, 0.05) is 4.90 Å². The van der Waals surface area contributed by atoms with Crippen LogP contribution in [0.3, 0.4) is 0 Å². The molecule has 0 spiro atoms. The quantitative estimate of drug-likeness (QED) is 0.768. The number of aryl methyl sites for hydroxylation is 2. The van der Waals surface area contributed by atoms with Crippen molar-refractivity contribution >= 4 is 17.7 Å². The SMILES string of the molecule is COC(=O)C1(Sc2cc(C)ccc2C)CCC1. The van der Waals surface area contributed by atoms with Gasteiger partial charge in [0.2, 0.25) is 0 Å². The Morgan fingerprint density at radius 2 is 2.06 bits per heavy atom. The molecular formula is C14H18O2S. The van der Waals surface area contributed by atoms with Crippen LogP contribution in [0.1, 0.15) is 30.4 Å². The van der Waals surface area contributed by atoms with E-state index in [1.54, 1.807) is 11.8 Å². The number of esters is 1. The van der Waals surface area contributed by atoms with Crippen molar-refractivity contribution in [1.29, 1.82) is 0 Å². The van der Waals surface area contributed by atoms with Gasteiger partial charge in [-0.1, -0.05) is 17.7 Å². The molecular weight excluding hydrogens is 232 g/mol. The van der Waals surface area contributed by atoms with Crippen molar-refractivity contribution in [2.75, 3.05) is 7.11 Å². The number of hydrogen-bond acceptors (Lipinski definition) is 3. The fraction of sp³-hybridized carbons (Fsp3) is 0.500. The maximum Gasteiger partial charge on any atom is 0.322 e. The maximum atomic E-state index is 11.9. The molecule has 1 aliphatic rings. The van der Waals surface area contributed by atoms with Gasteiger partial charge in [-0.2, -0.15) is 0 Å². The summed E-state index contributed by atoms with van der Waals surface area (Å²) in [7, 11) is 1.48. The molecule has 0 N–H and O–H groups in total. The van der Waals surface area contributed by atoms with Crippen LogP contribution >= 0.6 is 11.8 Å². The molecule has 1 aromatic rings. The Bertz CT molecular complexity index is 436. The van der Waals surface area contributed by atoms with Gasteiger partial charge in [0.25, 0.3) is 0 Å². The van der Waals surface area contributed by atoms with Crippen LogP contribution in [0.4, 0.5) is 0 Å². The highest BCUT2D eigenvalue weighted by Crippen LogP contribution is 2.49. The number of carbonyl (C=O) groups is 1. The minimum atomic E-state index is -0.326. The van der Waals surface area contributed by atoms with E-state index < -0.39 is 0 Å². The molecule has 1 aliphatic carbocycles. The molecule has 0 aromatic heterocycles. The van der Waals surface area contributed by atoms with Crippen molar-refractivity contribution in [2.24, 2.45) is 0 Å². The van der Waals surface area contributed by atoms with Crippen LogP contribution in [-0.4, -0.2) is 17.8 Å². The zero-order valence-electron chi connectivity index (χ0n) is 10.6. The summed E-state index contributed by atoms with van der Waals surface area (Å²) in [5.41, 5.74) is 2.47. The summed E-state index contributed by atoms with van der Waals surface area (Å²) in [6.07, 6.45) is 2.97. The third-order valence-corrected chi connectivity index (χ3v) is 4.99. The third-order valence-electron chi connectivity index (χ3n) is 3.37. The van der Waals surface area contributed by atoms with E-state index in [-0.39, 0.29) is 10.7 Å². The van der Waals surface area contributed by atoms with E-state index in [2.05, 4.69) is 32.0 Å². The highest BCUT2D eigenvalue weighted by atomic mass is 32.2. The van der Waals surface area contributed by atoms with Crippen LogP contribution in [0.25, 0.3) is 0 Å². The second-order valence-electron chi connectivity index (χ2n) is 4.71. The van der Waals surface area contributed by atoms with E-state index in [0.29, 0.717) is 0 Å². The van der Waals surface area contributed by atoms with Gasteiger partial charge in [0.15, 0.2) is 0 Å². The second kappa shape index (κ2) is 4.73. The molecule has 3 heteroatoms. The summed E-state index contributed by atoms with van der Waals surface area (Å²) in [5, 5.41) is 0. The van der Waals surface area contributed by atoms with Crippen LogP contribution < -0.4 is 0 Å². The number of carbonyl (C=O) groups excluding carboxylic acids is 1. The molecule has 17 heavy (non-hydrogen) atoms. The Labute approximate surface area is 107 Å². The lowest BCUT2D eigenvalue weighted by Gasteiger charge is -2.38. The summed E-state index contributed by atoms with van der Waals surface area (Å²) < 4.78 is 4.61. The smallest absolute Gasteiger partial charge is 0.322 e. The fourth-order valence-electron chi connectivity index (χ4n) is 2.06. The fourth-order valence-corrected chi connectivity index (χ4v) is 3.61. The number of benzene rings is 1. The molecule has 2 rings (SSSR count). The minimum absolute atomic E-state index is 0.0744. The van der Waals surface area contributed by atoms with Gasteiger partial charge in [-0.3, -0.25) is 4.79 Å². The molecule has 0 aliphatic heterocycles. The number of thioether (sulfide) groups is 1. The van der Waals surface area contributed by atoms with Crippen molar-refractivity contribution < 1.29 is 9.53 Å². The maximum absolute atomic E-state index is 11.9. The monoisotopic (exact) mass is 250 g/mol. The number of methoxy groups -OCH3 is 1. The summed E-state index contributed by atoms with van der Waals surface area (Å²) in [5.74, 6) is -0.0744. The summed E-state index contributed by atoms with van der Waals surface area (Å²) >= 11 is 1.68. The normalized spacial score (nSPS) is 17.4. The average Bonchev–Trinajstić information content (AvgIpc) is 2.27. The van der Waals surface area contributed by atoms with E-state index in [4.69, 9.17) is 4.74 Å². The van der Waals surface area contributed by atoms with Crippen molar-refractivity contribution in [3.8, 4) is 0 Å². The predicted molar refractivity (Wildman–Crippen MR) is 70.4 cm³/mol. The Balaban J connectivity index is 2.24. The zero-order valence-corrected chi connectivity index (χ0v) is 11.4. The average molecular weight is 250 g/mol. The van der Waals surface area contributed by atoms with Crippen LogP contribution in [-0.2, 0) is 9.53 Å². The molecule has 0 amide bonds. The van der Waals surface area contributed by atoms with Crippen LogP contribution in [0, 0.1) is 13.8 Å². The third kappa shape index (κ3) is 2.34. The molecule has 92 valence electrons. The van der Waals surface area contributed by atoms with Gasteiger partial charge in [-0.05, 0) is 44.7 Å². The van der Waals surface area contributed by atoms with Crippen molar-refractivity contribution in [2.45, 2.75) is 42.8 Å². The molecule has 1 aromatic carbocycles. The minimum Gasteiger partial charge on any atom is -0.468 e. The van der Waals surface area contributed by atoms with Crippen LogP contribution in [0.2, 0.25) is 0 Å². The topological polar surface area (TPSA) is 26.3 Å². The van der Waals surface area contributed by atoms with Gasteiger partial charge < -0.3 is 4.74 Å². The van der Waals surface area contributed by atoms with E-state index in [1.807, 2.05) is 0 Å². The van der Waals surface area contributed by atoms with Crippen molar-refractivity contribution in [3.05, 3.63) is 29.3 Å². The summed E-state index contributed by atoms with van der Waals surface area (Å²) in [4.78, 5) is 13.1. The Morgan fingerprint density at radius 1 is 1.35 bits per heavy atom. The van der Waals surface area contributed by atoms with Gasteiger partial charge in [0.1, 0.15) is 4.75 Å². The van der Waals surface area contributed by atoms with Crippen molar-refractivity contribution in [1.82, 2.24) is 0 Å². The van der Waals surface area contributed by atoms with E-state index in [0.717, 1.165) is 19.3 Å². The van der Waals surface area contributed by atoms with E-state index in [1.165, 1.54) is 23.1 Å². The molecule has 1 fully saturated rings. The highest BCUT2D eigenvalue weighted by molar-refractivity contribution is 8.01. The molecule has 0 unspecified atom stereocenters. The first-order valence-electron chi connectivity index (χ1n) is 5.92. The zero-order chi connectivity index (χ0) is 12.5. The molecule has 0 bridgehead atoms. The molecule has 0 radical (unpaired) electrons. The summed E-state index contributed by atoms with van der Waals surface area (Å²) in [6, 6.07) is 6.37. The highest BCUT2D eigenvalue weighted by Gasteiger charge is 2.46. The van der Waals surface area contributed by atoms with Gasteiger partial charge in [0.05, 0.1) is 7.11 Å². The Hall–Kier alpha value is -0.960. The number of hydrogen-bond donors (Lipinski definition) is 0. The first-order chi connectivity index (χ1) is 8.07. The lowest BCUT2D eigenvalue weighted by atomic mass is 9.84. The van der Waals surface area contributed by atoms with E-state index >= 15 is 0 Å². The standard InChI is InChI=1S/C14H18O2S/c1-10-5-6-11(2)12(9-10)17-14(7-4-8-14)13(15)16-3/h5-6,9H,4,7-8H2,1-3H3. The Morgan fingerprint density at radius 3 is 2.59 bits per heavy atom. The first kappa shape index (κ1) is 12.5. The van der Waals surface area contributed by atoms with Crippen LogP contribution in [0.5, 0.6) is 0 Å². The summed E-state index contributed by atoms with van der Waals surface area (Å²) in [6.45, 7) is 4.17. The van der Waals surface area contributed by atoms with E-state index in [9.17, 15) is 4.79 Å². The molecule has 0 saturated heterocycles. The predicted octanol–water partition coefficient (Wildman–Crippen LogP) is 3.49. The number of ether oxygens (including phenoxy) is 1. The lowest BCUT2D eigenvalue weighted by Crippen LogP contribution is -2.42. The molecule has 1 saturated carbocycles. The largest absolute Gasteiger partial charge is 0.468 e. The second-order valence-corrected chi connectivity index (χ2v) is 6.14. The molecule has 0 heterocycles. The van der Waals surface area contributed by atoms with Gasteiger partial charge in [-0.25, -0.2) is 0 Å². The van der Waals surface area contributed by atoms with Crippen LogP contribution in [0.15, 0.2) is 23.1 Å². The van der Waals surface area contributed by atoms with Gasteiger partial charge in [-0.15, -0.1) is 11.8 Å².